The van der Waals surface area contributed by atoms with Crippen LogP contribution < -0.4 is 10.1 Å². The van der Waals surface area contributed by atoms with Gasteiger partial charge in [0.25, 0.3) is 0 Å². The van der Waals surface area contributed by atoms with Crippen LogP contribution in [0.5, 0.6) is 5.75 Å². The maximum atomic E-state index is 12.3. The predicted molar refractivity (Wildman–Crippen MR) is 119 cm³/mol. The second-order valence-electron chi connectivity index (χ2n) is 8.07. The molecule has 31 heavy (non-hydrogen) atoms. The second kappa shape index (κ2) is 9.30. The molecule has 3 heterocycles. The van der Waals surface area contributed by atoms with E-state index in [0.717, 1.165) is 55.2 Å². The summed E-state index contributed by atoms with van der Waals surface area (Å²) in [6.07, 6.45) is 4.05. The van der Waals surface area contributed by atoms with Gasteiger partial charge in [-0.3, -0.25) is 4.79 Å². The van der Waals surface area contributed by atoms with E-state index in [1.807, 2.05) is 49.3 Å². The van der Waals surface area contributed by atoms with Crippen LogP contribution in [0.4, 0.5) is 5.69 Å². The Morgan fingerprint density at radius 2 is 2.06 bits per heavy atom. The minimum absolute atomic E-state index is 0.261. The predicted octanol–water partition coefficient (Wildman–Crippen LogP) is 2.15. The Morgan fingerprint density at radius 3 is 2.81 bits per heavy atom. The number of carbonyl (C=O) groups excluding carboxylic acids is 1. The Balaban J connectivity index is 1.46. The van der Waals surface area contributed by atoms with Crippen LogP contribution in [0.25, 0.3) is 16.9 Å². The van der Waals surface area contributed by atoms with Gasteiger partial charge in [0.1, 0.15) is 12.1 Å². The average molecular weight is 424 g/mol. The molecular formula is C22H29N7O2. The molecule has 3 aromatic rings. The van der Waals surface area contributed by atoms with Crippen LogP contribution in [0, 0.1) is 0 Å². The first-order chi connectivity index (χ1) is 15.0. The number of rotatable bonds is 9. The van der Waals surface area contributed by atoms with Gasteiger partial charge in [-0.2, -0.15) is 9.61 Å². The minimum atomic E-state index is 0.261. The standard InChI is InChI=1S/C22H29N7O2/c1-27(2)12-13-28-17(6-9-21(28)30)10-11-23-20-14-19(26-29-15-24-25-22(20)29)16-4-7-18(31-3)8-5-16/h4-5,7-8,14-15,17,23H,6,9-13H2,1-3H3. The number of likely N-dealkylation sites (N-methyl/N-ethyl adjacent to an activating group) is 1. The molecule has 2 aromatic heterocycles. The third-order valence-electron chi connectivity index (χ3n) is 5.69. The highest BCUT2D eigenvalue weighted by molar-refractivity contribution is 5.78. The number of hydrogen-bond acceptors (Lipinski definition) is 7. The lowest BCUT2D eigenvalue weighted by atomic mass is 10.1. The molecule has 0 bridgehead atoms. The minimum Gasteiger partial charge on any atom is -0.497 e. The molecule has 0 radical (unpaired) electrons. The van der Waals surface area contributed by atoms with Crippen LogP contribution >= 0.6 is 0 Å². The van der Waals surface area contributed by atoms with Crippen LogP contribution in [0.3, 0.4) is 0 Å². The van der Waals surface area contributed by atoms with Gasteiger partial charge in [0, 0.05) is 37.7 Å². The number of anilines is 1. The van der Waals surface area contributed by atoms with Crippen molar-refractivity contribution in [2.24, 2.45) is 0 Å². The van der Waals surface area contributed by atoms with E-state index >= 15 is 0 Å². The number of carbonyl (C=O) groups is 1. The summed E-state index contributed by atoms with van der Waals surface area (Å²) < 4.78 is 6.93. The Morgan fingerprint density at radius 1 is 1.26 bits per heavy atom. The van der Waals surface area contributed by atoms with Gasteiger partial charge in [-0.05, 0) is 57.3 Å². The molecule has 164 valence electrons. The van der Waals surface area contributed by atoms with Crippen molar-refractivity contribution in [2.45, 2.75) is 25.3 Å². The molecule has 0 saturated carbocycles. The molecule has 0 aliphatic carbocycles. The summed E-state index contributed by atoms with van der Waals surface area (Å²) in [5.74, 6) is 1.06. The number of aromatic nitrogens is 4. The van der Waals surface area contributed by atoms with E-state index in [0.29, 0.717) is 12.1 Å². The Hall–Kier alpha value is -3.20. The van der Waals surface area contributed by atoms with Gasteiger partial charge in [-0.1, -0.05) is 0 Å². The molecule has 1 aliphatic rings. The summed E-state index contributed by atoms with van der Waals surface area (Å²) in [6, 6.07) is 10.1. The quantitative estimate of drug-likeness (QED) is 0.564. The van der Waals surface area contributed by atoms with Crippen molar-refractivity contribution >= 4 is 17.2 Å². The van der Waals surface area contributed by atoms with E-state index in [4.69, 9.17) is 4.74 Å². The third-order valence-corrected chi connectivity index (χ3v) is 5.69. The maximum absolute atomic E-state index is 12.3. The summed E-state index contributed by atoms with van der Waals surface area (Å²) in [5.41, 5.74) is 3.36. The second-order valence-corrected chi connectivity index (χ2v) is 8.07. The Bertz CT molecular complexity index is 1030. The smallest absolute Gasteiger partial charge is 0.222 e. The van der Waals surface area contributed by atoms with E-state index in [9.17, 15) is 4.79 Å². The zero-order chi connectivity index (χ0) is 21.8. The summed E-state index contributed by atoms with van der Waals surface area (Å²) in [5, 5.41) is 16.3. The van der Waals surface area contributed by atoms with Crippen molar-refractivity contribution in [3.63, 3.8) is 0 Å². The fraction of sp³-hybridized carbons (Fsp3) is 0.455. The van der Waals surface area contributed by atoms with Crippen molar-refractivity contribution in [2.75, 3.05) is 46.2 Å². The number of nitrogens with one attached hydrogen (secondary N) is 1. The van der Waals surface area contributed by atoms with E-state index in [1.54, 1.807) is 18.0 Å². The summed E-state index contributed by atoms with van der Waals surface area (Å²) in [7, 11) is 5.72. The lowest BCUT2D eigenvalue weighted by Crippen LogP contribution is -2.39. The first-order valence-electron chi connectivity index (χ1n) is 10.6. The molecule has 1 amide bonds. The maximum Gasteiger partial charge on any atom is 0.222 e. The van der Waals surface area contributed by atoms with Crippen LogP contribution in [-0.4, -0.2) is 82.4 Å². The SMILES string of the molecule is COc1ccc(-c2cc(NCCC3CCC(=O)N3CCN(C)C)c3nncn3n2)cc1. The molecule has 0 spiro atoms. The molecule has 1 N–H and O–H groups in total. The Kier molecular flexibility index (Phi) is 6.31. The lowest BCUT2D eigenvalue weighted by molar-refractivity contribution is -0.129. The normalized spacial score (nSPS) is 16.5. The van der Waals surface area contributed by atoms with Crippen molar-refractivity contribution in [1.29, 1.82) is 0 Å². The molecule has 1 saturated heterocycles. The van der Waals surface area contributed by atoms with Gasteiger partial charge in [0.15, 0.2) is 0 Å². The van der Waals surface area contributed by atoms with E-state index < -0.39 is 0 Å². The van der Waals surface area contributed by atoms with Crippen LogP contribution in [0.15, 0.2) is 36.7 Å². The van der Waals surface area contributed by atoms with Crippen molar-refractivity contribution in [3.8, 4) is 17.0 Å². The van der Waals surface area contributed by atoms with Gasteiger partial charge in [0.05, 0.1) is 18.5 Å². The molecule has 1 atom stereocenters. The first kappa shape index (κ1) is 21.0. The fourth-order valence-corrected chi connectivity index (χ4v) is 3.94. The van der Waals surface area contributed by atoms with E-state index in [1.165, 1.54) is 0 Å². The third kappa shape index (κ3) is 4.77. The zero-order valence-electron chi connectivity index (χ0n) is 18.3. The van der Waals surface area contributed by atoms with Gasteiger partial charge >= 0.3 is 0 Å². The number of hydrogen-bond donors (Lipinski definition) is 1. The van der Waals surface area contributed by atoms with E-state index in [-0.39, 0.29) is 11.9 Å². The van der Waals surface area contributed by atoms with Gasteiger partial charge in [-0.15, -0.1) is 10.2 Å². The van der Waals surface area contributed by atoms with Gasteiger partial charge in [0.2, 0.25) is 11.6 Å². The number of methoxy groups -OCH3 is 1. The highest BCUT2D eigenvalue weighted by Gasteiger charge is 2.30. The monoisotopic (exact) mass is 423 g/mol. The molecule has 9 heteroatoms. The topological polar surface area (TPSA) is 87.9 Å². The fourth-order valence-electron chi connectivity index (χ4n) is 3.94. The lowest BCUT2D eigenvalue weighted by Gasteiger charge is -2.26. The first-order valence-corrected chi connectivity index (χ1v) is 10.6. The number of likely N-dealkylation sites (tertiary alicyclic amines) is 1. The summed E-state index contributed by atoms with van der Waals surface area (Å²) in [6.45, 7) is 2.40. The number of nitrogens with zero attached hydrogens (tertiary/aromatic N) is 6. The van der Waals surface area contributed by atoms with Crippen molar-refractivity contribution in [1.82, 2.24) is 29.6 Å². The largest absolute Gasteiger partial charge is 0.497 e. The molecular weight excluding hydrogens is 394 g/mol. The van der Waals surface area contributed by atoms with Crippen LogP contribution in [0.2, 0.25) is 0 Å². The number of ether oxygens (including phenoxy) is 1. The van der Waals surface area contributed by atoms with Crippen molar-refractivity contribution in [3.05, 3.63) is 36.7 Å². The molecule has 9 nitrogen and oxygen atoms in total. The molecule has 4 rings (SSSR count). The average Bonchev–Trinajstić information content (AvgIpc) is 3.39. The number of fused-ring (bicyclic) bond motifs is 1. The molecule has 1 aromatic carbocycles. The zero-order valence-corrected chi connectivity index (χ0v) is 18.3. The van der Waals surface area contributed by atoms with Crippen molar-refractivity contribution < 1.29 is 9.53 Å². The molecule has 1 unspecified atom stereocenters. The van der Waals surface area contributed by atoms with Gasteiger partial charge in [-0.25, -0.2) is 0 Å². The van der Waals surface area contributed by atoms with Crippen LogP contribution in [-0.2, 0) is 4.79 Å². The number of benzene rings is 1. The van der Waals surface area contributed by atoms with Crippen LogP contribution in [0.1, 0.15) is 19.3 Å². The highest BCUT2D eigenvalue weighted by atomic mass is 16.5. The highest BCUT2D eigenvalue weighted by Crippen LogP contribution is 2.26. The summed E-state index contributed by atoms with van der Waals surface area (Å²) >= 11 is 0. The number of amides is 1. The van der Waals surface area contributed by atoms with E-state index in [2.05, 4.69) is 25.5 Å². The van der Waals surface area contributed by atoms with Gasteiger partial charge < -0.3 is 19.9 Å². The summed E-state index contributed by atoms with van der Waals surface area (Å²) in [4.78, 5) is 16.4. The molecule has 1 aliphatic heterocycles. The Labute approximate surface area is 182 Å². The molecule has 1 fully saturated rings.